The molecule has 0 radical (unpaired) electrons. The molecule has 0 spiro atoms. The summed E-state index contributed by atoms with van der Waals surface area (Å²) < 4.78 is 39.3. The standard InChI is InChI=1S/C25H22F2N4O4S/c1-2-34-22(32)11-20-15-36-25(28-20)29-23(33)21-13-31(12-16-5-3-7-18(26)9-16)30-24(21)35-14-17-6-4-8-19(27)10-17/h3-10,13,15H,2,11-12,14H2,1H3,(H,28,29,33). The Morgan fingerprint density at radius 2 is 1.81 bits per heavy atom. The summed E-state index contributed by atoms with van der Waals surface area (Å²) in [6.07, 6.45) is 1.47. The largest absolute Gasteiger partial charge is 0.471 e. The lowest BCUT2D eigenvalue weighted by atomic mass is 10.2. The lowest BCUT2D eigenvalue weighted by molar-refractivity contribution is -0.142. The van der Waals surface area contributed by atoms with Crippen molar-refractivity contribution in [3.63, 3.8) is 0 Å². The van der Waals surface area contributed by atoms with E-state index in [0.29, 0.717) is 16.8 Å². The van der Waals surface area contributed by atoms with Crippen molar-refractivity contribution in [3.8, 4) is 5.88 Å². The van der Waals surface area contributed by atoms with Crippen LogP contribution in [-0.2, 0) is 29.1 Å². The van der Waals surface area contributed by atoms with Crippen molar-refractivity contribution in [3.05, 3.63) is 94.1 Å². The highest BCUT2D eigenvalue weighted by Gasteiger charge is 2.20. The summed E-state index contributed by atoms with van der Waals surface area (Å²) in [7, 11) is 0. The maximum absolute atomic E-state index is 13.6. The number of hydrogen-bond acceptors (Lipinski definition) is 7. The number of ether oxygens (including phenoxy) is 2. The Hall–Kier alpha value is -4.12. The van der Waals surface area contributed by atoms with E-state index in [-0.39, 0.29) is 48.6 Å². The minimum Gasteiger partial charge on any atom is -0.471 e. The maximum Gasteiger partial charge on any atom is 0.311 e. The average molecular weight is 513 g/mol. The van der Waals surface area contributed by atoms with E-state index in [0.717, 1.165) is 11.3 Å². The fraction of sp³-hybridized carbons (Fsp3) is 0.200. The summed E-state index contributed by atoms with van der Waals surface area (Å²) in [5.41, 5.74) is 1.79. The molecule has 0 bridgehead atoms. The van der Waals surface area contributed by atoms with Crippen molar-refractivity contribution in [2.24, 2.45) is 0 Å². The minimum absolute atomic E-state index is 0.00618. The molecule has 0 atom stereocenters. The molecule has 0 saturated carbocycles. The van der Waals surface area contributed by atoms with Crippen molar-refractivity contribution in [2.45, 2.75) is 26.5 Å². The van der Waals surface area contributed by atoms with Crippen LogP contribution in [0.3, 0.4) is 0 Å². The Morgan fingerprint density at radius 3 is 2.53 bits per heavy atom. The Labute approximate surface area is 209 Å². The Kier molecular flexibility index (Phi) is 8.01. The van der Waals surface area contributed by atoms with Crippen LogP contribution in [-0.4, -0.2) is 33.2 Å². The first kappa shape index (κ1) is 25.0. The van der Waals surface area contributed by atoms with Gasteiger partial charge in [-0.15, -0.1) is 16.4 Å². The predicted octanol–water partition coefficient (Wildman–Crippen LogP) is 4.60. The predicted molar refractivity (Wildman–Crippen MR) is 129 cm³/mol. The summed E-state index contributed by atoms with van der Waals surface area (Å²) in [4.78, 5) is 29.0. The number of thiazole rings is 1. The van der Waals surface area contributed by atoms with E-state index in [4.69, 9.17) is 9.47 Å². The number of hydrogen-bond donors (Lipinski definition) is 1. The Balaban J connectivity index is 1.52. The lowest BCUT2D eigenvalue weighted by Gasteiger charge is -2.06. The van der Waals surface area contributed by atoms with Gasteiger partial charge in [0.1, 0.15) is 23.8 Å². The fourth-order valence-electron chi connectivity index (χ4n) is 3.32. The molecular weight excluding hydrogens is 490 g/mol. The van der Waals surface area contributed by atoms with Crippen LogP contribution in [0.15, 0.2) is 60.1 Å². The molecule has 0 aliphatic heterocycles. The molecule has 8 nitrogen and oxygen atoms in total. The molecule has 2 heterocycles. The van der Waals surface area contributed by atoms with Crippen LogP contribution in [0.25, 0.3) is 0 Å². The van der Waals surface area contributed by atoms with E-state index >= 15 is 0 Å². The minimum atomic E-state index is -0.535. The third-order valence-electron chi connectivity index (χ3n) is 4.87. The molecule has 36 heavy (non-hydrogen) atoms. The van der Waals surface area contributed by atoms with Crippen LogP contribution in [0.4, 0.5) is 13.9 Å². The third kappa shape index (κ3) is 6.72. The van der Waals surface area contributed by atoms with Gasteiger partial charge in [-0.05, 0) is 42.3 Å². The van der Waals surface area contributed by atoms with E-state index in [1.54, 1.807) is 36.6 Å². The molecule has 2 aromatic heterocycles. The number of esters is 1. The second-order valence-electron chi connectivity index (χ2n) is 7.67. The van der Waals surface area contributed by atoms with Gasteiger partial charge in [0.15, 0.2) is 5.13 Å². The van der Waals surface area contributed by atoms with Crippen molar-refractivity contribution in [1.29, 1.82) is 0 Å². The van der Waals surface area contributed by atoms with Crippen LogP contribution in [0.5, 0.6) is 5.88 Å². The second kappa shape index (κ2) is 11.5. The molecule has 186 valence electrons. The van der Waals surface area contributed by atoms with Gasteiger partial charge in [-0.1, -0.05) is 24.3 Å². The Bertz CT molecular complexity index is 1370. The number of benzene rings is 2. The van der Waals surface area contributed by atoms with Gasteiger partial charge in [-0.3, -0.25) is 19.6 Å². The molecule has 4 rings (SSSR count). The summed E-state index contributed by atoms with van der Waals surface area (Å²) in [6, 6.07) is 11.9. The molecule has 0 saturated heterocycles. The highest BCUT2D eigenvalue weighted by atomic mass is 32.1. The first-order valence-corrected chi connectivity index (χ1v) is 11.9. The zero-order valence-electron chi connectivity index (χ0n) is 19.2. The number of aromatic nitrogens is 3. The van der Waals surface area contributed by atoms with Crippen LogP contribution >= 0.6 is 11.3 Å². The number of nitrogens with zero attached hydrogens (tertiary/aromatic N) is 3. The number of carbonyl (C=O) groups excluding carboxylic acids is 2. The zero-order chi connectivity index (χ0) is 25.5. The summed E-state index contributed by atoms with van der Waals surface area (Å²) >= 11 is 1.16. The van der Waals surface area contributed by atoms with Crippen LogP contribution in [0.2, 0.25) is 0 Å². The van der Waals surface area contributed by atoms with Gasteiger partial charge in [0, 0.05) is 11.6 Å². The van der Waals surface area contributed by atoms with E-state index in [2.05, 4.69) is 15.4 Å². The summed E-state index contributed by atoms with van der Waals surface area (Å²) in [5, 5.41) is 8.96. The topological polar surface area (TPSA) is 95.3 Å². The lowest BCUT2D eigenvalue weighted by Crippen LogP contribution is -2.13. The first-order valence-electron chi connectivity index (χ1n) is 11.0. The quantitative estimate of drug-likeness (QED) is 0.312. The van der Waals surface area contributed by atoms with Gasteiger partial charge in [-0.2, -0.15) is 0 Å². The van der Waals surface area contributed by atoms with Crippen LogP contribution < -0.4 is 10.1 Å². The van der Waals surface area contributed by atoms with Gasteiger partial charge in [-0.25, -0.2) is 13.8 Å². The van der Waals surface area contributed by atoms with Gasteiger partial charge in [0.2, 0.25) is 5.88 Å². The second-order valence-corrected chi connectivity index (χ2v) is 8.53. The number of amides is 1. The third-order valence-corrected chi connectivity index (χ3v) is 5.68. The van der Waals surface area contributed by atoms with E-state index in [1.807, 2.05) is 0 Å². The maximum atomic E-state index is 13.6. The smallest absolute Gasteiger partial charge is 0.311 e. The van der Waals surface area contributed by atoms with Gasteiger partial charge in [0.05, 0.1) is 25.3 Å². The number of halogens is 2. The Morgan fingerprint density at radius 1 is 1.08 bits per heavy atom. The van der Waals surface area contributed by atoms with E-state index < -0.39 is 17.7 Å². The molecule has 0 fully saturated rings. The molecule has 1 N–H and O–H groups in total. The van der Waals surface area contributed by atoms with E-state index in [1.165, 1.54) is 35.1 Å². The molecule has 11 heteroatoms. The summed E-state index contributed by atoms with van der Waals surface area (Å²) in [5.74, 6) is -1.72. The molecular formula is C25H22F2N4O4S. The van der Waals surface area contributed by atoms with Crippen molar-refractivity contribution in [1.82, 2.24) is 14.8 Å². The molecule has 0 aliphatic carbocycles. The highest BCUT2D eigenvalue weighted by molar-refractivity contribution is 7.14. The molecule has 0 aliphatic rings. The van der Waals surface area contributed by atoms with Crippen LogP contribution in [0, 0.1) is 11.6 Å². The molecule has 2 aromatic carbocycles. The molecule has 0 unspecified atom stereocenters. The number of anilines is 1. The first-order chi connectivity index (χ1) is 17.4. The average Bonchev–Trinajstić information content (AvgIpc) is 3.44. The normalized spacial score (nSPS) is 10.8. The highest BCUT2D eigenvalue weighted by Crippen LogP contribution is 2.23. The van der Waals surface area contributed by atoms with Gasteiger partial charge < -0.3 is 9.47 Å². The van der Waals surface area contributed by atoms with Crippen LogP contribution in [0.1, 0.15) is 34.1 Å². The summed E-state index contributed by atoms with van der Waals surface area (Å²) in [6.45, 7) is 2.16. The molecule has 4 aromatic rings. The fourth-order valence-corrected chi connectivity index (χ4v) is 4.02. The number of nitrogens with one attached hydrogen (secondary N) is 1. The zero-order valence-corrected chi connectivity index (χ0v) is 20.1. The van der Waals surface area contributed by atoms with Gasteiger partial charge >= 0.3 is 5.97 Å². The number of carbonyl (C=O) groups is 2. The van der Waals surface area contributed by atoms with Crippen molar-refractivity contribution >= 4 is 28.3 Å². The SMILES string of the molecule is CCOC(=O)Cc1csc(NC(=O)c2cn(Cc3cccc(F)c3)nc2OCc2cccc(F)c2)n1. The monoisotopic (exact) mass is 512 g/mol. The van der Waals surface area contributed by atoms with Gasteiger partial charge in [0.25, 0.3) is 5.91 Å². The molecule has 1 amide bonds. The van der Waals surface area contributed by atoms with E-state index in [9.17, 15) is 18.4 Å². The van der Waals surface area contributed by atoms with Crippen molar-refractivity contribution in [2.75, 3.05) is 11.9 Å². The number of rotatable bonds is 10. The van der Waals surface area contributed by atoms with Crippen molar-refractivity contribution < 1.29 is 27.8 Å².